The molecule has 29 heavy (non-hydrogen) atoms. The van der Waals surface area contributed by atoms with Crippen molar-refractivity contribution in [3.63, 3.8) is 0 Å². The van der Waals surface area contributed by atoms with Gasteiger partial charge in [-0.2, -0.15) is 0 Å². The third-order valence-corrected chi connectivity index (χ3v) is 4.83. The second-order valence-electron chi connectivity index (χ2n) is 6.64. The molecule has 0 atom stereocenters. The predicted octanol–water partition coefficient (Wildman–Crippen LogP) is 3.79. The average molecular weight is 389 g/mol. The van der Waals surface area contributed by atoms with Crippen molar-refractivity contribution in [2.45, 2.75) is 6.54 Å². The van der Waals surface area contributed by atoms with Gasteiger partial charge < -0.3 is 25.1 Å². The Hall–Kier alpha value is -3.74. The van der Waals surface area contributed by atoms with Crippen LogP contribution in [-0.2, 0) is 6.54 Å². The van der Waals surface area contributed by atoms with Crippen LogP contribution < -0.4 is 20.5 Å². The van der Waals surface area contributed by atoms with Crippen LogP contribution >= 0.6 is 0 Å². The van der Waals surface area contributed by atoms with Crippen LogP contribution in [0.5, 0.6) is 11.5 Å². The molecule has 2 aromatic heterocycles. The average Bonchev–Trinajstić information content (AvgIpc) is 3.10. The van der Waals surface area contributed by atoms with Gasteiger partial charge >= 0.3 is 0 Å². The van der Waals surface area contributed by atoms with Crippen LogP contribution in [0.25, 0.3) is 22.3 Å². The minimum atomic E-state index is 0.618. The molecule has 0 radical (unpaired) electrons. The lowest BCUT2D eigenvalue weighted by Gasteiger charge is -2.12. The van der Waals surface area contributed by atoms with E-state index in [1.165, 1.54) is 0 Å². The maximum absolute atomic E-state index is 5.94. The molecule has 0 amide bonds. The van der Waals surface area contributed by atoms with E-state index in [-0.39, 0.29) is 0 Å². The van der Waals surface area contributed by atoms with Gasteiger partial charge in [-0.05, 0) is 35.9 Å². The lowest BCUT2D eigenvalue weighted by Crippen LogP contribution is -2.05. The number of aromatic nitrogens is 3. The number of hydrogen-bond donors (Lipinski definition) is 2. The van der Waals surface area contributed by atoms with Crippen LogP contribution in [0.15, 0.2) is 54.7 Å². The van der Waals surface area contributed by atoms with E-state index in [1.807, 2.05) is 55.6 Å². The number of ether oxygens (including phenoxy) is 2. The standard InChI is InChI=1S/C22H23N5O2/c1-24-22-26-18-12-25-17(15-5-4-6-16(23)10-15)11-19(18)27(22)13-14-7-8-20(28-2)21(9-14)29-3/h4-12H,13,23H2,1-3H3,(H,24,26). The summed E-state index contributed by atoms with van der Waals surface area (Å²) in [6.45, 7) is 0.618. The zero-order valence-corrected chi connectivity index (χ0v) is 16.6. The Kier molecular flexibility index (Phi) is 4.95. The highest BCUT2D eigenvalue weighted by atomic mass is 16.5. The maximum Gasteiger partial charge on any atom is 0.203 e. The normalized spacial score (nSPS) is 10.9. The predicted molar refractivity (Wildman–Crippen MR) is 116 cm³/mol. The number of nitrogens with one attached hydrogen (secondary N) is 1. The highest BCUT2D eigenvalue weighted by Gasteiger charge is 2.14. The summed E-state index contributed by atoms with van der Waals surface area (Å²) in [6, 6.07) is 15.7. The molecule has 7 heteroatoms. The molecule has 0 saturated carbocycles. The van der Waals surface area contributed by atoms with E-state index in [0.29, 0.717) is 23.7 Å². The Morgan fingerprint density at radius 3 is 2.59 bits per heavy atom. The number of anilines is 2. The van der Waals surface area contributed by atoms with Gasteiger partial charge in [0.1, 0.15) is 5.52 Å². The number of hydrogen-bond acceptors (Lipinski definition) is 6. The number of nitrogen functional groups attached to an aromatic ring is 1. The highest BCUT2D eigenvalue weighted by Crippen LogP contribution is 2.30. The smallest absolute Gasteiger partial charge is 0.203 e. The lowest BCUT2D eigenvalue weighted by atomic mass is 10.1. The summed E-state index contributed by atoms with van der Waals surface area (Å²) in [5, 5.41) is 3.17. The van der Waals surface area contributed by atoms with Crippen molar-refractivity contribution in [2.75, 3.05) is 32.3 Å². The Morgan fingerprint density at radius 2 is 1.86 bits per heavy atom. The number of fused-ring (bicyclic) bond motifs is 1. The number of methoxy groups -OCH3 is 2. The number of nitrogens with two attached hydrogens (primary N) is 1. The minimum absolute atomic E-state index is 0.618. The first-order valence-electron chi connectivity index (χ1n) is 9.23. The Morgan fingerprint density at radius 1 is 1.03 bits per heavy atom. The largest absolute Gasteiger partial charge is 0.493 e. The topological polar surface area (TPSA) is 87.2 Å². The molecule has 148 valence electrons. The first-order chi connectivity index (χ1) is 14.1. The van der Waals surface area contributed by atoms with Crippen molar-refractivity contribution in [1.82, 2.24) is 14.5 Å². The Labute approximate surface area is 169 Å². The zero-order valence-electron chi connectivity index (χ0n) is 16.6. The fourth-order valence-electron chi connectivity index (χ4n) is 3.40. The number of benzene rings is 2. The summed E-state index contributed by atoms with van der Waals surface area (Å²) in [5.41, 5.74) is 11.3. The fourth-order valence-corrected chi connectivity index (χ4v) is 3.40. The molecule has 7 nitrogen and oxygen atoms in total. The molecule has 0 saturated heterocycles. The summed E-state index contributed by atoms with van der Waals surface area (Å²) < 4.78 is 12.9. The van der Waals surface area contributed by atoms with Crippen molar-refractivity contribution < 1.29 is 9.47 Å². The van der Waals surface area contributed by atoms with Crippen molar-refractivity contribution in [1.29, 1.82) is 0 Å². The maximum atomic E-state index is 5.94. The summed E-state index contributed by atoms with van der Waals surface area (Å²) in [7, 11) is 5.13. The van der Waals surface area contributed by atoms with Gasteiger partial charge in [0, 0.05) is 18.3 Å². The molecule has 0 unspecified atom stereocenters. The molecule has 2 aromatic carbocycles. The molecule has 3 N–H and O–H groups in total. The van der Waals surface area contributed by atoms with Crippen LogP contribution in [0.2, 0.25) is 0 Å². The second-order valence-corrected chi connectivity index (χ2v) is 6.64. The van der Waals surface area contributed by atoms with Gasteiger partial charge in [0.15, 0.2) is 11.5 Å². The first kappa shape index (κ1) is 18.6. The third kappa shape index (κ3) is 3.54. The van der Waals surface area contributed by atoms with E-state index >= 15 is 0 Å². The zero-order chi connectivity index (χ0) is 20.4. The number of imidazole rings is 1. The van der Waals surface area contributed by atoms with Crippen molar-refractivity contribution >= 4 is 22.7 Å². The molecule has 0 bridgehead atoms. The number of rotatable bonds is 6. The van der Waals surface area contributed by atoms with E-state index in [1.54, 1.807) is 20.4 Å². The summed E-state index contributed by atoms with van der Waals surface area (Å²) >= 11 is 0. The van der Waals surface area contributed by atoms with Crippen LogP contribution in [0.3, 0.4) is 0 Å². The fraction of sp³-hybridized carbons (Fsp3) is 0.182. The van der Waals surface area contributed by atoms with Gasteiger partial charge in [-0.15, -0.1) is 0 Å². The number of nitrogens with zero attached hydrogens (tertiary/aromatic N) is 3. The molecule has 0 aliphatic carbocycles. The van der Waals surface area contributed by atoms with Gasteiger partial charge in [0.05, 0.1) is 38.2 Å². The monoisotopic (exact) mass is 389 g/mol. The quantitative estimate of drug-likeness (QED) is 0.488. The molecular weight excluding hydrogens is 366 g/mol. The Balaban J connectivity index is 1.79. The lowest BCUT2D eigenvalue weighted by molar-refractivity contribution is 0.354. The van der Waals surface area contributed by atoms with E-state index < -0.39 is 0 Å². The van der Waals surface area contributed by atoms with Gasteiger partial charge in [-0.3, -0.25) is 4.98 Å². The second kappa shape index (κ2) is 7.71. The van der Waals surface area contributed by atoms with Crippen LogP contribution in [-0.4, -0.2) is 35.8 Å². The first-order valence-corrected chi connectivity index (χ1v) is 9.23. The molecule has 0 spiro atoms. The summed E-state index contributed by atoms with van der Waals surface area (Å²) in [5.74, 6) is 2.16. The third-order valence-electron chi connectivity index (χ3n) is 4.83. The van der Waals surface area contributed by atoms with E-state index in [9.17, 15) is 0 Å². The van der Waals surface area contributed by atoms with Gasteiger partial charge in [0.25, 0.3) is 0 Å². The van der Waals surface area contributed by atoms with Crippen LogP contribution in [0.4, 0.5) is 11.6 Å². The summed E-state index contributed by atoms with van der Waals surface area (Å²) in [4.78, 5) is 9.23. The van der Waals surface area contributed by atoms with Crippen LogP contribution in [0.1, 0.15) is 5.56 Å². The van der Waals surface area contributed by atoms with Gasteiger partial charge in [-0.25, -0.2) is 4.98 Å². The molecule has 2 heterocycles. The Bertz CT molecular complexity index is 1170. The molecule has 0 fully saturated rings. The van der Waals surface area contributed by atoms with E-state index in [0.717, 1.165) is 33.8 Å². The van der Waals surface area contributed by atoms with E-state index in [2.05, 4.69) is 19.9 Å². The minimum Gasteiger partial charge on any atom is -0.493 e. The molecule has 4 aromatic rings. The molecule has 0 aliphatic rings. The van der Waals surface area contributed by atoms with Crippen molar-refractivity contribution in [3.05, 3.63) is 60.3 Å². The van der Waals surface area contributed by atoms with E-state index in [4.69, 9.17) is 15.2 Å². The SMILES string of the molecule is CNc1nc2cnc(-c3cccc(N)c3)cc2n1Cc1ccc(OC)c(OC)c1. The van der Waals surface area contributed by atoms with Crippen molar-refractivity contribution in [2.24, 2.45) is 0 Å². The van der Waals surface area contributed by atoms with Crippen molar-refractivity contribution in [3.8, 4) is 22.8 Å². The summed E-state index contributed by atoms with van der Waals surface area (Å²) in [6.07, 6.45) is 1.79. The van der Waals surface area contributed by atoms with Gasteiger partial charge in [-0.1, -0.05) is 18.2 Å². The highest BCUT2D eigenvalue weighted by molar-refractivity contribution is 5.82. The molecule has 0 aliphatic heterocycles. The molecular formula is C22H23N5O2. The number of pyridine rings is 1. The van der Waals surface area contributed by atoms with Gasteiger partial charge in [0.2, 0.25) is 5.95 Å². The molecule has 4 rings (SSSR count). The van der Waals surface area contributed by atoms with Crippen LogP contribution in [0, 0.1) is 0 Å².